The van der Waals surface area contributed by atoms with Gasteiger partial charge in [-0.1, -0.05) is 91.0 Å². The zero-order valence-electron chi connectivity index (χ0n) is 19.0. The van der Waals surface area contributed by atoms with Gasteiger partial charge in [-0.25, -0.2) is 4.79 Å². The van der Waals surface area contributed by atoms with Crippen molar-refractivity contribution < 1.29 is 14.6 Å². The molecule has 0 spiro atoms. The molecule has 3 atom stereocenters. The molecule has 0 amide bonds. The summed E-state index contributed by atoms with van der Waals surface area (Å²) in [7, 11) is 0. The van der Waals surface area contributed by atoms with Gasteiger partial charge in [-0.3, -0.25) is 14.3 Å². The van der Waals surface area contributed by atoms with E-state index < -0.39 is 35.1 Å². The number of aliphatic hydroxyl groups is 1. The lowest BCUT2D eigenvalue weighted by molar-refractivity contribution is -0.0705. The van der Waals surface area contributed by atoms with Crippen molar-refractivity contribution in [3.05, 3.63) is 141 Å². The van der Waals surface area contributed by atoms with Crippen molar-refractivity contribution in [2.45, 2.75) is 23.9 Å². The first-order chi connectivity index (χ1) is 17.1. The van der Waals surface area contributed by atoms with E-state index in [4.69, 9.17) is 9.47 Å². The molecule has 35 heavy (non-hydrogen) atoms. The summed E-state index contributed by atoms with van der Waals surface area (Å²) in [6, 6.07) is 30.5. The van der Waals surface area contributed by atoms with Crippen LogP contribution in [0.1, 0.15) is 22.7 Å². The van der Waals surface area contributed by atoms with E-state index in [1.165, 1.54) is 16.8 Å². The van der Waals surface area contributed by atoms with Crippen LogP contribution >= 0.6 is 0 Å². The van der Waals surface area contributed by atoms with Crippen LogP contribution in [0.2, 0.25) is 0 Å². The Morgan fingerprint density at radius 1 is 0.857 bits per heavy atom. The van der Waals surface area contributed by atoms with Gasteiger partial charge in [0.05, 0.1) is 19.3 Å². The third-order valence-electron chi connectivity index (χ3n) is 6.47. The highest BCUT2D eigenvalue weighted by atomic mass is 16.6. The van der Waals surface area contributed by atoms with Gasteiger partial charge in [-0.15, -0.1) is 0 Å². The highest BCUT2D eigenvalue weighted by Gasteiger charge is 2.42. The molecule has 7 heteroatoms. The Hall–Kier alpha value is -3.78. The van der Waals surface area contributed by atoms with Gasteiger partial charge in [0.25, 0.3) is 5.56 Å². The van der Waals surface area contributed by atoms with Gasteiger partial charge in [-0.2, -0.15) is 0 Å². The SMILES string of the molecule is O=c1ccn(C2COC(COC(c3ccccc3)(c3ccccc3)c3ccccc3)C2O)c(=O)[nH]1. The van der Waals surface area contributed by atoms with E-state index in [1.807, 2.05) is 91.0 Å². The summed E-state index contributed by atoms with van der Waals surface area (Å²) in [6.07, 6.45) is -0.294. The molecule has 0 aliphatic carbocycles. The van der Waals surface area contributed by atoms with E-state index >= 15 is 0 Å². The van der Waals surface area contributed by atoms with Crippen LogP contribution in [0.5, 0.6) is 0 Å². The van der Waals surface area contributed by atoms with Crippen molar-refractivity contribution in [1.82, 2.24) is 9.55 Å². The Kier molecular flexibility index (Phi) is 6.46. The van der Waals surface area contributed by atoms with E-state index in [-0.39, 0.29) is 13.2 Å². The molecule has 0 saturated carbocycles. The molecule has 4 aromatic rings. The summed E-state index contributed by atoms with van der Waals surface area (Å²) < 4.78 is 13.9. The maximum atomic E-state index is 12.3. The molecule has 1 saturated heterocycles. The number of ether oxygens (including phenoxy) is 2. The lowest BCUT2D eigenvalue weighted by atomic mass is 9.80. The maximum Gasteiger partial charge on any atom is 0.328 e. The second-order valence-electron chi connectivity index (χ2n) is 8.54. The van der Waals surface area contributed by atoms with Crippen LogP contribution in [-0.2, 0) is 15.1 Å². The molecule has 1 aromatic heterocycles. The number of nitrogens with zero attached hydrogens (tertiary/aromatic N) is 1. The van der Waals surface area contributed by atoms with E-state index in [0.29, 0.717) is 0 Å². The lowest BCUT2D eigenvalue weighted by Crippen LogP contribution is -2.41. The van der Waals surface area contributed by atoms with E-state index in [9.17, 15) is 14.7 Å². The second-order valence-corrected chi connectivity index (χ2v) is 8.54. The molecule has 178 valence electrons. The van der Waals surface area contributed by atoms with Crippen molar-refractivity contribution in [3.8, 4) is 0 Å². The van der Waals surface area contributed by atoms with Gasteiger partial charge in [0, 0.05) is 12.3 Å². The smallest absolute Gasteiger partial charge is 0.328 e. The summed E-state index contributed by atoms with van der Waals surface area (Å²) >= 11 is 0. The molecule has 5 rings (SSSR count). The van der Waals surface area contributed by atoms with Crippen molar-refractivity contribution in [1.29, 1.82) is 0 Å². The minimum Gasteiger partial charge on any atom is -0.388 e. The number of aromatic nitrogens is 2. The van der Waals surface area contributed by atoms with Crippen LogP contribution in [0, 0.1) is 0 Å². The number of rotatable bonds is 7. The fourth-order valence-electron chi connectivity index (χ4n) is 4.72. The molecule has 7 nitrogen and oxygen atoms in total. The molecule has 1 aliphatic rings. The third kappa shape index (κ3) is 4.37. The number of benzene rings is 3. The highest BCUT2D eigenvalue weighted by molar-refractivity contribution is 5.47. The van der Waals surface area contributed by atoms with Crippen molar-refractivity contribution >= 4 is 0 Å². The second kappa shape index (κ2) is 9.84. The Bertz CT molecular complexity index is 1270. The monoisotopic (exact) mass is 470 g/mol. The molecule has 1 fully saturated rings. The zero-order chi connectivity index (χ0) is 24.3. The number of nitrogens with one attached hydrogen (secondary N) is 1. The van der Waals surface area contributed by atoms with Crippen molar-refractivity contribution in [3.63, 3.8) is 0 Å². The van der Waals surface area contributed by atoms with Crippen molar-refractivity contribution in [2.75, 3.05) is 13.2 Å². The number of hydrogen-bond donors (Lipinski definition) is 2. The third-order valence-corrected chi connectivity index (χ3v) is 6.47. The van der Waals surface area contributed by atoms with Gasteiger partial charge in [0.1, 0.15) is 17.8 Å². The summed E-state index contributed by atoms with van der Waals surface area (Å²) in [5, 5.41) is 11.0. The molecule has 3 aromatic carbocycles. The quantitative estimate of drug-likeness (QED) is 0.405. The van der Waals surface area contributed by atoms with E-state index in [0.717, 1.165) is 16.7 Å². The maximum absolute atomic E-state index is 12.3. The Morgan fingerprint density at radius 3 is 1.86 bits per heavy atom. The number of H-pyrrole nitrogens is 1. The minimum atomic E-state index is -1.00. The van der Waals surface area contributed by atoms with Crippen LogP contribution in [0.4, 0.5) is 0 Å². The van der Waals surface area contributed by atoms with Gasteiger partial charge in [0.2, 0.25) is 0 Å². The summed E-state index contributed by atoms with van der Waals surface area (Å²) in [5.41, 5.74) is 0.812. The van der Waals surface area contributed by atoms with E-state index in [2.05, 4.69) is 4.98 Å². The lowest BCUT2D eigenvalue weighted by Gasteiger charge is -2.37. The molecule has 0 bridgehead atoms. The van der Waals surface area contributed by atoms with Gasteiger partial charge >= 0.3 is 5.69 Å². The van der Waals surface area contributed by atoms with Crippen LogP contribution < -0.4 is 11.2 Å². The Balaban J connectivity index is 1.50. The molecule has 3 unspecified atom stereocenters. The molecular weight excluding hydrogens is 444 g/mol. The standard InChI is InChI=1S/C28H26N2O5/c31-25-16-17-30(27(33)29-25)23-18-34-24(26(23)32)19-35-28(20-10-4-1-5-11-20,21-12-6-2-7-13-21)22-14-8-3-9-15-22/h1-17,23-24,26,32H,18-19H2,(H,29,31,33). The average molecular weight is 471 g/mol. The predicted octanol–water partition coefficient (Wildman–Crippen LogP) is 2.85. The fraction of sp³-hybridized carbons (Fsp3) is 0.214. The van der Waals surface area contributed by atoms with Crippen LogP contribution in [0.15, 0.2) is 113 Å². The molecule has 0 radical (unpaired) electrons. The van der Waals surface area contributed by atoms with Gasteiger partial charge in [0.15, 0.2) is 0 Å². The summed E-state index contributed by atoms with van der Waals surface area (Å²) in [5.74, 6) is 0. The molecule has 2 heterocycles. The average Bonchev–Trinajstić information content (AvgIpc) is 3.26. The Labute approximate surface area is 202 Å². The van der Waals surface area contributed by atoms with Crippen molar-refractivity contribution in [2.24, 2.45) is 0 Å². The van der Waals surface area contributed by atoms with Crippen LogP contribution in [0.3, 0.4) is 0 Å². The summed E-state index contributed by atoms with van der Waals surface area (Å²) in [4.78, 5) is 25.9. The van der Waals surface area contributed by atoms with Crippen LogP contribution in [-0.4, -0.2) is 40.1 Å². The van der Waals surface area contributed by atoms with Gasteiger partial charge in [-0.05, 0) is 16.7 Å². The highest BCUT2D eigenvalue weighted by Crippen LogP contribution is 2.41. The summed E-state index contributed by atoms with van der Waals surface area (Å²) in [6.45, 7) is 0.199. The molecular formula is C28H26N2O5. The number of aromatic amines is 1. The molecule has 1 aliphatic heterocycles. The number of hydrogen-bond acceptors (Lipinski definition) is 5. The topological polar surface area (TPSA) is 93.5 Å². The fourth-order valence-corrected chi connectivity index (χ4v) is 4.72. The van der Waals surface area contributed by atoms with E-state index in [1.54, 1.807) is 0 Å². The molecule has 2 N–H and O–H groups in total. The first-order valence-electron chi connectivity index (χ1n) is 11.5. The first kappa shape index (κ1) is 23.0. The van der Waals surface area contributed by atoms with Crippen LogP contribution in [0.25, 0.3) is 0 Å². The minimum absolute atomic E-state index is 0.0778. The predicted molar refractivity (Wildman–Crippen MR) is 131 cm³/mol. The van der Waals surface area contributed by atoms with Gasteiger partial charge < -0.3 is 14.6 Å². The first-order valence-corrected chi connectivity index (χ1v) is 11.5. The number of aliphatic hydroxyl groups excluding tert-OH is 1. The normalized spacial score (nSPS) is 20.1. The zero-order valence-corrected chi connectivity index (χ0v) is 19.0. The Morgan fingerprint density at radius 2 is 1.37 bits per heavy atom. The largest absolute Gasteiger partial charge is 0.388 e.